The molecule has 6 heteroatoms. The molecule has 1 aromatic carbocycles. The number of fused-ring (bicyclic) bond motifs is 1. The van der Waals surface area contributed by atoms with Gasteiger partial charge >= 0.3 is 6.18 Å². The molecule has 0 atom stereocenters. The molecule has 20 heavy (non-hydrogen) atoms. The van der Waals surface area contributed by atoms with E-state index in [9.17, 15) is 18.3 Å². The highest BCUT2D eigenvalue weighted by atomic mass is 79.9. The van der Waals surface area contributed by atoms with E-state index < -0.39 is 17.4 Å². The molecule has 0 saturated heterocycles. The molecule has 0 spiro atoms. The van der Waals surface area contributed by atoms with Gasteiger partial charge in [-0.15, -0.1) is 0 Å². The maximum absolute atomic E-state index is 13.2. The van der Waals surface area contributed by atoms with Crippen molar-refractivity contribution in [2.75, 3.05) is 0 Å². The summed E-state index contributed by atoms with van der Waals surface area (Å²) in [6.07, 6.45) is -4.43. The van der Waals surface area contributed by atoms with Gasteiger partial charge in [-0.25, -0.2) is 0 Å². The van der Waals surface area contributed by atoms with Crippen LogP contribution in [-0.4, -0.2) is 9.67 Å². The molecule has 0 amide bonds. The summed E-state index contributed by atoms with van der Waals surface area (Å²) in [5, 5.41) is 9.72. The van der Waals surface area contributed by atoms with Gasteiger partial charge in [0.1, 0.15) is 5.69 Å². The summed E-state index contributed by atoms with van der Waals surface area (Å²) in [5.41, 5.74) is -0.374. The Kier molecular flexibility index (Phi) is 3.67. The summed E-state index contributed by atoms with van der Waals surface area (Å²) >= 11 is 3.28. The molecule has 0 aliphatic rings. The van der Waals surface area contributed by atoms with E-state index in [1.807, 2.05) is 0 Å². The van der Waals surface area contributed by atoms with Crippen LogP contribution in [0.15, 0.2) is 22.7 Å². The lowest BCUT2D eigenvalue weighted by Gasteiger charge is -2.26. The van der Waals surface area contributed by atoms with Crippen LogP contribution in [0.1, 0.15) is 32.0 Å². The quantitative estimate of drug-likeness (QED) is 0.795. The van der Waals surface area contributed by atoms with Crippen molar-refractivity contribution in [3.05, 3.63) is 33.9 Å². The molecule has 0 unspecified atom stereocenters. The van der Waals surface area contributed by atoms with Gasteiger partial charge in [-0.3, -0.25) is 0 Å². The summed E-state index contributed by atoms with van der Waals surface area (Å²) in [6.45, 7) is 4.95. The van der Waals surface area contributed by atoms with Crippen LogP contribution in [0.2, 0.25) is 0 Å². The first-order valence-corrected chi connectivity index (χ1v) is 6.87. The second kappa shape index (κ2) is 4.77. The minimum absolute atomic E-state index is 0.217. The van der Waals surface area contributed by atoms with Gasteiger partial charge in [-0.1, -0.05) is 15.9 Å². The average molecular weight is 350 g/mol. The summed E-state index contributed by atoms with van der Waals surface area (Å²) in [6, 6.07) is 4.38. The zero-order valence-electron chi connectivity index (χ0n) is 11.3. The zero-order chi connectivity index (χ0) is 15.3. The number of aliphatic hydroxyl groups is 1. The number of benzene rings is 1. The Morgan fingerprint density at radius 1 is 1.15 bits per heavy atom. The molecule has 1 aromatic heterocycles. The van der Waals surface area contributed by atoms with Crippen LogP contribution in [0.5, 0.6) is 0 Å². The van der Waals surface area contributed by atoms with Crippen LogP contribution in [0.4, 0.5) is 13.2 Å². The molecule has 0 aliphatic carbocycles. The average Bonchev–Trinajstić information content (AvgIpc) is 2.67. The van der Waals surface area contributed by atoms with Crippen molar-refractivity contribution >= 4 is 26.8 Å². The van der Waals surface area contributed by atoms with E-state index >= 15 is 0 Å². The predicted molar refractivity (Wildman–Crippen MR) is 75.6 cm³/mol. The number of rotatable bonds is 1. The van der Waals surface area contributed by atoms with Gasteiger partial charge in [0.2, 0.25) is 0 Å². The first kappa shape index (κ1) is 15.4. The zero-order valence-corrected chi connectivity index (χ0v) is 12.9. The van der Waals surface area contributed by atoms with Gasteiger partial charge in [0.25, 0.3) is 0 Å². The molecular weight excluding hydrogens is 335 g/mol. The maximum atomic E-state index is 13.2. The molecule has 0 saturated carbocycles. The molecule has 1 heterocycles. The van der Waals surface area contributed by atoms with Gasteiger partial charge in [-0.05, 0) is 44.5 Å². The standard InChI is InChI=1S/C14H15BrF3NO/c1-13(2,3)19-11-5-8(7-20)4-10(15)9(11)6-12(19)14(16,17)18/h4-6,20H,7H2,1-3H3. The monoisotopic (exact) mass is 349 g/mol. The fourth-order valence-electron chi connectivity index (χ4n) is 2.34. The van der Waals surface area contributed by atoms with Crippen LogP contribution >= 0.6 is 15.9 Å². The van der Waals surface area contributed by atoms with Crippen molar-refractivity contribution in [3.63, 3.8) is 0 Å². The molecule has 0 fully saturated rings. The van der Waals surface area contributed by atoms with Crippen molar-refractivity contribution in [2.24, 2.45) is 0 Å². The number of hydrogen-bond donors (Lipinski definition) is 1. The number of aliphatic hydroxyl groups excluding tert-OH is 1. The van der Waals surface area contributed by atoms with Crippen molar-refractivity contribution in [2.45, 2.75) is 39.1 Å². The number of alkyl halides is 3. The van der Waals surface area contributed by atoms with Gasteiger partial charge < -0.3 is 9.67 Å². The third kappa shape index (κ3) is 2.59. The van der Waals surface area contributed by atoms with Gasteiger partial charge in [0.05, 0.1) is 12.1 Å². The van der Waals surface area contributed by atoms with E-state index in [2.05, 4.69) is 15.9 Å². The summed E-state index contributed by atoms with van der Waals surface area (Å²) in [7, 11) is 0. The van der Waals surface area contributed by atoms with Gasteiger partial charge in [-0.2, -0.15) is 13.2 Å². The molecule has 2 rings (SSSR count). The Labute approximate surface area is 123 Å². The topological polar surface area (TPSA) is 25.2 Å². The lowest BCUT2D eigenvalue weighted by molar-refractivity contribution is -0.144. The molecule has 0 bridgehead atoms. The van der Waals surface area contributed by atoms with Crippen LogP contribution in [0, 0.1) is 0 Å². The van der Waals surface area contributed by atoms with Crippen LogP contribution in [-0.2, 0) is 18.3 Å². The van der Waals surface area contributed by atoms with Crippen molar-refractivity contribution < 1.29 is 18.3 Å². The summed E-state index contributed by atoms with van der Waals surface area (Å²) in [4.78, 5) is 0. The lowest BCUT2D eigenvalue weighted by atomic mass is 10.1. The smallest absolute Gasteiger partial charge is 0.392 e. The van der Waals surface area contributed by atoms with E-state index in [0.29, 0.717) is 20.9 Å². The fraction of sp³-hybridized carbons (Fsp3) is 0.429. The van der Waals surface area contributed by atoms with Crippen molar-refractivity contribution in [1.29, 1.82) is 0 Å². The number of aromatic nitrogens is 1. The summed E-state index contributed by atoms with van der Waals surface area (Å²) < 4.78 is 41.6. The predicted octanol–water partition coefficient (Wildman–Crippen LogP) is 4.67. The molecule has 110 valence electrons. The first-order valence-electron chi connectivity index (χ1n) is 6.08. The minimum Gasteiger partial charge on any atom is -0.392 e. The molecule has 2 nitrogen and oxygen atoms in total. The van der Waals surface area contributed by atoms with Crippen LogP contribution in [0.3, 0.4) is 0 Å². The minimum atomic E-state index is -4.43. The first-order chi connectivity index (χ1) is 9.05. The van der Waals surface area contributed by atoms with Crippen LogP contribution in [0.25, 0.3) is 10.9 Å². The molecule has 0 radical (unpaired) electrons. The second-order valence-corrected chi connectivity index (χ2v) is 6.56. The Morgan fingerprint density at radius 2 is 1.75 bits per heavy atom. The third-order valence-electron chi connectivity index (χ3n) is 3.07. The van der Waals surface area contributed by atoms with E-state index in [-0.39, 0.29) is 6.61 Å². The highest BCUT2D eigenvalue weighted by Crippen LogP contribution is 2.40. The fourth-order valence-corrected chi connectivity index (χ4v) is 2.95. The number of hydrogen-bond acceptors (Lipinski definition) is 1. The number of halogens is 4. The molecule has 1 N–H and O–H groups in total. The van der Waals surface area contributed by atoms with Gasteiger partial charge in [0, 0.05) is 15.4 Å². The second-order valence-electron chi connectivity index (χ2n) is 5.70. The Balaban J connectivity index is 2.92. The van der Waals surface area contributed by atoms with Gasteiger partial charge in [0.15, 0.2) is 0 Å². The number of nitrogens with zero attached hydrogens (tertiary/aromatic N) is 1. The Bertz CT molecular complexity index is 653. The van der Waals surface area contributed by atoms with E-state index in [1.54, 1.807) is 32.9 Å². The third-order valence-corrected chi connectivity index (χ3v) is 3.73. The van der Waals surface area contributed by atoms with Crippen molar-refractivity contribution in [1.82, 2.24) is 4.57 Å². The normalized spacial score (nSPS) is 13.2. The largest absolute Gasteiger partial charge is 0.431 e. The van der Waals surface area contributed by atoms with Crippen LogP contribution < -0.4 is 0 Å². The summed E-state index contributed by atoms with van der Waals surface area (Å²) in [5.74, 6) is 0. The highest BCUT2D eigenvalue weighted by Gasteiger charge is 2.38. The molecule has 0 aliphatic heterocycles. The van der Waals surface area contributed by atoms with E-state index in [1.165, 1.54) is 4.57 Å². The maximum Gasteiger partial charge on any atom is 0.431 e. The highest BCUT2D eigenvalue weighted by molar-refractivity contribution is 9.10. The Hall–Kier alpha value is -1.01. The lowest BCUT2D eigenvalue weighted by Crippen LogP contribution is -2.27. The Morgan fingerprint density at radius 3 is 2.20 bits per heavy atom. The van der Waals surface area contributed by atoms with E-state index in [0.717, 1.165) is 6.07 Å². The molecule has 2 aromatic rings. The molecular formula is C14H15BrF3NO. The van der Waals surface area contributed by atoms with E-state index in [4.69, 9.17) is 0 Å². The van der Waals surface area contributed by atoms with Crippen molar-refractivity contribution in [3.8, 4) is 0 Å². The SMILES string of the molecule is CC(C)(C)n1c(C(F)(F)F)cc2c(Br)cc(CO)cc21.